The third-order valence-electron chi connectivity index (χ3n) is 7.65. The molecule has 0 unspecified atom stereocenters. The topological polar surface area (TPSA) is 117 Å². The van der Waals surface area contributed by atoms with E-state index in [-0.39, 0.29) is 42.9 Å². The first-order valence-electron chi connectivity index (χ1n) is 12.0. The minimum absolute atomic E-state index is 0.0526. The van der Waals surface area contributed by atoms with Crippen molar-refractivity contribution >= 4 is 29.4 Å². The van der Waals surface area contributed by atoms with Crippen molar-refractivity contribution in [2.75, 3.05) is 31.7 Å². The number of hydrogen-bond donors (Lipinski definition) is 2. The largest absolute Gasteiger partial charge is 0.454 e. The van der Waals surface area contributed by atoms with Gasteiger partial charge in [0, 0.05) is 30.8 Å². The van der Waals surface area contributed by atoms with Gasteiger partial charge in [0.2, 0.25) is 18.6 Å². The van der Waals surface area contributed by atoms with Gasteiger partial charge in [0.1, 0.15) is 12.1 Å². The van der Waals surface area contributed by atoms with Crippen molar-refractivity contribution < 1.29 is 28.7 Å². The molecule has 182 valence electrons. The van der Waals surface area contributed by atoms with Gasteiger partial charge in [-0.15, -0.1) is 0 Å². The molecule has 1 aliphatic carbocycles. The fourth-order valence-corrected chi connectivity index (χ4v) is 5.48. The lowest BCUT2D eigenvalue weighted by molar-refractivity contribution is -0.141. The lowest BCUT2D eigenvalue weighted by atomic mass is 9.73. The van der Waals surface area contributed by atoms with Crippen LogP contribution < -0.4 is 20.1 Å². The summed E-state index contributed by atoms with van der Waals surface area (Å²) in [5.41, 5.74) is -0.229. The minimum atomic E-state index is -0.866. The highest BCUT2D eigenvalue weighted by Gasteiger charge is 2.55. The maximum Gasteiger partial charge on any atom is 0.325 e. The summed E-state index contributed by atoms with van der Waals surface area (Å²) in [6, 6.07) is 4.77. The zero-order valence-electron chi connectivity index (χ0n) is 19.3. The molecule has 5 amide bonds. The first-order valence-corrected chi connectivity index (χ1v) is 12.0. The Morgan fingerprint density at radius 1 is 1.12 bits per heavy atom. The van der Waals surface area contributed by atoms with Crippen molar-refractivity contribution in [3.63, 3.8) is 0 Å². The molecule has 10 nitrogen and oxygen atoms in total. The Morgan fingerprint density at radius 3 is 2.65 bits per heavy atom. The highest BCUT2D eigenvalue weighted by atomic mass is 16.7. The molecule has 3 aliphatic heterocycles. The molecule has 4 aliphatic rings. The predicted octanol–water partition coefficient (Wildman–Crippen LogP) is 2.09. The number of urea groups is 1. The Balaban J connectivity index is 1.14. The lowest BCUT2D eigenvalue weighted by Crippen LogP contribution is -2.54. The number of nitrogens with zero attached hydrogens (tertiary/aromatic N) is 2. The SMILES string of the molecule is C[C@H]1CCCC[C@@]12NC(=O)N(CC(=O)N1CCC(C(=O)Nc3ccc4c(c3)OCO4)CC1)C2=O. The monoisotopic (exact) mass is 470 g/mol. The highest BCUT2D eigenvalue weighted by molar-refractivity contribution is 6.09. The molecule has 2 atom stereocenters. The minimum Gasteiger partial charge on any atom is -0.454 e. The average Bonchev–Trinajstić information content (AvgIpc) is 3.39. The number of hydrogen-bond acceptors (Lipinski definition) is 6. The molecule has 34 heavy (non-hydrogen) atoms. The molecule has 1 aromatic carbocycles. The van der Waals surface area contributed by atoms with Gasteiger partial charge in [-0.3, -0.25) is 19.3 Å². The van der Waals surface area contributed by atoms with Crippen LogP contribution in [-0.4, -0.2) is 65.5 Å². The summed E-state index contributed by atoms with van der Waals surface area (Å²) in [6.45, 7) is 2.71. The third-order valence-corrected chi connectivity index (χ3v) is 7.65. The van der Waals surface area contributed by atoms with Crippen LogP contribution in [0, 0.1) is 11.8 Å². The second-order valence-corrected chi connectivity index (χ2v) is 9.65. The van der Waals surface area contributed by atoms with E-state index in [0.717, 1.165) is 24.2 Å². The maximum atomic E-state index is 13.1. The van der Waals surface area contributed by atoms with E-state index in [4.69, 9.17) is 9.47 Å². The summed E-state index contributed by atoms with van der Waals surface area (Å²) in [7, 11) is 0. The van der Waals surface area contributed by atoms with Crippen molar-refractivity contribution in [2.45, 2.75) is 51.0 Å². The first-order chi connectivity index (χ1) is 16.4. The van der Waals surface area contributed by atoms with Crippen LogP contribution in [0.5, 0.6) is 11.5 Å². The molecule has 0 radical (unpaired) electrons. The number of ether oxygens (including phenoxy) is 2. The number of likely N-dealkylation sites (tertiary alicyclic amines) is 1. The van der Waals surface area contributed by atoms with Gasteiger partial charge in [0.15, 0.2) is 11.5 Å². The summed E-state index contributed by atoms with van der Waals surface area (Å²) >= 11 is 0. The summed E-state index contributed by atoms with van der Waals surface area (Å²) < 4.78 is 10.6. The van der Waals surface area contributed by atoms with Crippen LogP contribution in [0.15, 0.2) is 18.2 Å². The zero-order chi connectivity index (χ0) is 23.9. The van der Waals surface area contributed by atoms with E-state index in [1.807, 2.05) is 6.92 Å². The van der Waals surface area contributed by atoms with Crippen LogP contribution in [0.3, 0.4) is 0 Å². The molecular weight excluding hydrogens is 440 g/mol. The van der Waals surface area contributed by atoms with Gasteiger partial charge in [0.05, 0.1) is 0 Å². The van der Waals surface area contributed by atoms with Gasteiger partial charge < -0.3 is 25.0 Å². The summed E-state index contributed by atoms with van der Waals surface area (Å²) in [5, 5.41) is 5.79. The van der Waals surface area contributed by atoms with E-state index < -0.39 is 11.6 Å². The fourth-order valence-electron chi connectivity index (χ4n) is 5.48. The van der Waals surface area contributed by atoms with Crippen LogP contribution in [0.4, 0.5) is 10.5 Å². The van der Waals surface area contributed by atoms with Gasteiger partial charge in [-0.2, -0.15) is 0 Å². The maximum absolute atomic E-state index is 13.1. The van der Waals surface area contributed by atoms with Crippen molar-refractivity contribution in [1.82, 2.24) is 15.1 Å². The van der Waals surface area contributed by atoms with E-state index in [1.54, 1.807) is 23.1 Å². The molecule has 10 heteroatoms. The molecule has 2 N–H and O–H groups in total. The number of nitrogens with one attached hydrogen (secondary N) is 2. The Labute approximate surface area is 197 Å². The summed E-state index contributed by atoms with van der Waals surface area (Å²) in [4.78, 5) is 54.0. The third kappa shape index (κ3) is 3.95. The van der Waals surface area contributed by atoms with Crippen molar-refractivity contribution in [3.8, 4) is 11.5 Å². The molecule has 0 aromatic heterocycles. The molecular formula is C24H30N4O6. The molecule has 3 fully saturated rings. The van der Waals surface area contributed by atoms with E-state index in [1.165, 1.54) is 0 Å². The Hall–Kier alpha value is -3.30. The number of carbonyl (C=O) groups excluding carboxylic acids is 4. The predicted molar refractivity (Wildman–Crippen MR) is 121 cm³/mol. The standard InChI is InChI=1S/C24H30N4O6/c1-15-4-2-3-9-24(15)22(31)28(23(32)26-24)13-20(29)27-10-7-16(8-11-27)21(30)25-17-5-6-18-19(12-17)34-14-33-18/h5-6,12,15-16H,2-4,7-11,13-14H2,1H3,(H,25,30)(H,26,32)/t15-,24+/m0/s1. The number of piperidine rings is 1. The number of amides is 5. The Bertz CT molecular complexity index is 1020. The smallest absolute Gasteiger partial charge is 0.325 e. The molecule has 2 saturated heterocycles. The summed E-state index contributed by atoms with van der Waals surface area (Å²) in [5.74, 6) is 0.430. The second-order valence-electron chi connectivity index (χ2n) is 9.65. The Kier molecular flexibility index (Phi) is 5.83. The lowest BCUT2D eigenvalue weighted by Gasteiger charge is -2.37. The van der Waals surface area contributed by atoms with Crippen molar-refractivity contribution in [3.05, 3.63) is 18.2 Å². The second kappa shape index (κ2) is 8.81. The molecule has 0 bridgehead atoms. The molecule has 1 saturated carbocycles. The van der Waals surface area contributed by atoms with Crippen molar-refractivity contribution in [1.29, 1.82) is 0 Å². The van der Waals surface area contributed by atoms with Gasteiger partial charge in [0.25, 0.3) is 5.91 Å². The van der Waals surface area contributed by atoms with Crippen LogP contribution in [-0.2, 0) is 14.4 Å². The van der Waals surface area contributed by atoms with Gasteiger partial charge >= 0.3 is 6.03 Å². The van der Waals surface area contributed by atoms with E-state index in [0.29, 0.717) is 49.5 Å². The van der Waals surface area contributed by atoms with Crippen LogP contribution >= 0.6 is 0 Å². The average molecular weight is 471 g/mol. The molecule has 1 spiro atoms. The van der Waals surface area contributed by atoms with Crippen LogP contribution in [0.1, 0.15) is 45.4 Å². The van der Waals surface area contributed by atoms with Gasteiger partial charge in [-0.25, -0.2) is 4.79 Å². The number of anilines is 1. The number of rotatable bonds is 4. The molecule has 5 rings (SSSR count). The number of carbonyl (C=O) groups is 4. The van der Waals surface area contributed by atoms with E-state index in [2.05, 4.69) is 10.6 Å². The summed E-state index contributed by atoms with van der Waals surface area (Å²) in [6.07, 6.45) is 4.47. The molecule has 3 heterocycles. The number of imide groups is 1. The van der Waals surface area contributed by atoms with Gasteiger partial charge in [-0.1, -0.05) is 19.8 Å². The van der Waals surface area contributed by atoms with E-state index >= 15 is 0 Å². The molecule has 1 aromatic rings. The zero-order valence-corrected chi connectivity index (χ0v) is 19.3. The normalized spacial score (nSPS) is 26.7. The van der Waals surface area contributed by atoms with E-state index in [9.17, 15) is 19.2 Å². The quantitative estimate of drug-likeness (QED) is 0.651. The van der Waals surface area contributed by atoms with Crippen LogP contribution in [0.25, 0.3) is 0 Å². The Morgan fingerprint density at radius 2 is 1.88 bits per heavy atom. The van der Waals surface area contributed by atoms with Gasteiger partial charge in [-0.05, 0) is 43.7 Å². The highest BCUT2D eigenvalue weighted by Crippen LogP contribution is 2.38. The fraction of sp³-hybridized carbons (Fsp3) is 0.583. The number of benzene rings is 1. The first kappa shape index (κ1) is 22.5. The van der Waals surface area contributed by atoms with Crippen LogP contribution in [0.2, 0.25) is 0 Å². The number of fused-ring (bicyclic) bond motifs is 1. The van der Waals surface area contributed by atoms with Crippen molar-refractivity contribution in [2.24, 2.45) is 11.8 Å².